The zero-order valence-electron chi connectivity index (χ0n) is 15.7. The number of aromatic nitrogens is 2. The summed E-state index contributed by atoms with van der Waals surface area (Å²) in [6.45, 7) is 5.11. The summed E-state index contributed by atoms with van der Waals surface area (Å²) in [5.74, 6) is 1.51. The molecule has 2 aromatic carbocycles. The number of hydrogen-bond acceptors (Lipinski definition) is 6. The van der Waals surface area contributed by atoms with Gasteiger partial charge in [0.1, 0.15) is 24.7 Å². The lowest BCUT2D eigenvalue weighted by Crippen LogP contribution is -2.17. The number of carbonyl (C=O) groups is 1. The van der Waals surface area contributed by atoms with Gasteiger partial charge in [-0.1, -0.05) is 12.1 Å². The van der Waals surface area contributed by atoms with Crippen LogP contribution in [0.1, 0.15) is 21.6 Å². The van der Waals surface area contributed by atoms with Gasteiger partial charge in [-0.2, -0.15) is 0 Å². The summed E-state index contributed by atoms with van der Waals surface area (Å²) >= 11 is 0. The van der Waals surface area contributed by atoms with Crippen LogP contribution in [0, 0.1) is 13.8 Å². The third-order valence-corrected chi connectivity index (χ3v) is 4.55. The Morgan fingerprint density at radius 2 is 1.82 bits per heavy atom. The van der Waals surface area contributed by atoms with E-state index in [1.807, 2.05) is 19.1 Å². The Kier molecular flexibility index (Phi) is 4.80. The zero-order chi connectivity index (χ0) is 19.5. The van der Waals surface area contributed by atoms with Crippen molar-refractivity contribution in [2.24, 2.45) is 0 Å². The zero-order valence-corrected chi connectivity index (χ0v) is 15.7. The first-order valence-electron chi connectivity index (χ1n) is 8.96. The van der Waals surface area contributed by atoms with E-state index in [1.54, 1.807) is 24.4 Å². The van der Waals surface area contributed by atoms with Gasteiger partial charge < -0.3 is 20.1 Å². The van der Waals surface area contributed by atoms with E-state index in [1.165, 1.54) is 11.8 Å². The first-order valence-corrected chi connectivity index (χ1v) is 8.96. The van der Waals surface area contributed by atoms with E-state index in [2.05, 4.69) is 33.6 Å². The Morgan fingerprint density at radius 1 is 1.00 bits per heavy atom. The minimum Gasteiger partial charge on any atom is -0.486 e. The lowest BCUT2D eigenvalue weighted by Gasteiger charge is -2.18. The highest BCUT2D eigenvalue weighted by Crippen LogP contribution is 2.32. The quantitative estimate of drug-likeness (QED) is 0.719. The number of aryl methyl sites for hydroxylation is 1. The summed E-state index contributed by atoms with van der Waals surface area (Å²) in [4.78, 5) is 21.0. The summed E-state index contributed by atoms with van der Waals surface area (Å²) in [5.41, 5.74) is 4.12. The average Bonchev–Trinajstić information content (AvgIpc) is 2.72. The van der Waals surface area contributed by atoms with Crippen molar-refractivity contribution >= 4 is 23.1 Å². The normalized spacial score (nSPS) is 12.4. The number of anilines is 3. The fourth-order valence-corrected chi connectivity index (χ4v) is 2.85. The van der Waals surface area contributed by atoms with Crippen molar-refractivity contribution in [3.05, 3.63) is 65.6 Å². The van der Waals surface area contributed by atoms with Crippen LogP contribution in [-0.2, 0) is 0 Å². The fraction of sp³-hybridized carbons (Fsp3) is 0.190. The first-order chi connectivity index (χ1) is 13.6. The molecule has 0 saturated heterocycles. The van der Waals surface area contributed by atoms with Crippen LogP contribution in [0.15, 0.2) is 48.8 Å². The smallest absolute Gasteiger partial charge is 0.275 e. The molecule has 1 aliphatic rings. The topological polar surface area (TPSA) is 85.4 Å². The van der Waals surface area contributed by atoms with E-state index in [-0.39, 0.29) is 11.6 Å². The van der Waals surface area contributed by atoms with Gasteiger partial charge in [0.15, 0.2) is 11.5 Å². The van der Waals surface area contributed by atoms with E-state index < -0.39 is 0 Å². The standard InChI is InChI=1S/C21H20N4O3/c1-13-4-3-5-16(14(13)2)25-20-12-22-17(11-23-20)21(26)24-15-6-7-18-19(10-15)28-9-8-27-18/h3-7,10-12H,8-9H2,1-2H3,(H,23,25)(H,24,26). The van der Waals surface area contributed by atoms with E-state index in [0.717, 1.165) is 11.3 Å². The highest BCUT2D eigenvalue weighted by molar-refractivity contribution is 6.02. The molecule has 0 saturated carbocycles. The molecule has 0 unspecified atom stereocenters. The number of nitrogens with one attached hydrogen (secondary N) is 2. The number of hydrogen-bond donors (Lipinski definition) is 2. The second-order valence-electron chi connectivity index (χ2n) is 6.47. The third kappa shape index (κ3) is 3.73. The molecule has 7 heteroatoms. The van der Waals surface area contributed by atoms with Crippen LogP contribution < -0.4 is 20.1 Å². The minimum atomic E-state index is -0.345. The number of carbonyl (C=O) groups excluding carboxylic acids is 1. The molecule has 0 aliphatic carbocycles. The van der Waals surface area contributed by atoms with Crippen molar-refractivity contribution in [2.75, 3.05) is 23.8 Å². The molecule has 2 N–H and O–H groups in total. The van der Waals surface area contributed by atoms with E-state index >= 15 is 0 Å². The third-order valence-electron chi connectivity index (χ3n) is 4.55. The number of amides is 1. The van der Waals surface area contributed by atoms with E-state index in [9.17, 15) is 4.79 Å². The molecule has 7 nitrogen and oxygen atoms in total. The van der Waals surface area contributed by atoms with Crippen LogP contribution in [0.25, 0.3) is 0 Å². The van der Waals surface area contributed by atoms with Crippen molar-refractivity contribution in [1.29, 1.82) is 0 Å². The van der Waals surface area contributed by atoms with Crippen molar-refractivity contribution in [3.8, 4) is 11.5 Å². The van der Waals surface area contributed by atoms with Gasteiger partial charge in [0.2, 0.25) is 0 Å². The molecule has 0 spiro atoms. The van der Waals surface area contributed by atoms with Crippen LogP contribution in [0.4, 0.5) is 17.2 Å². The predicted octanol–water partition coefficient (Wildman–Crippen LogP) is 3.86. The average molecular weight is 376 g/mol. The number of fused-ring (bicyclic) bond motifs is 1. The van der Waals surface area contributed by atoms with Gasteiger partial charge in [0, 0.05) is 17.4 Å². The SMILES string of the molecule is Cc1cccc(Nc2cnc(C(=O)Nc3ccc4c(c3)OCCO4)cn2)c1C. The molecule has 0 radical (unpaired) electrons. The van der Waals surface area contributed by atoms with Crippen molar-refractivity contribution < 1.29 is 14.3 Å². The van der Waals surface area contributed by atoms with Gasteiger partial charge in [-0.05, 0) is 43.2 Å². The van der Waals surface area contributed by atoms with Crippen LogP contribution >= 0.6 is 0 Å². The highest BCUT2D eigenvalue weighted by Gasteiger charge is 2.14. The second kappa shape index (κ2) is 7.56. The van der Waals surface area contributed by atoms with Crippen molar-refractivity contribution in [3.63, 3.8) is 0 Å². The largest absolute Gasteiger partial charge is 0.486 e. The molecule has 142 valence electrons. The van der Waals surface area contributed by atoms with E-state index in [4.69, 9.17) is 9.47 Å². The van der Waals surface area contributed by atoms with Gasteiger partial charge in [0.05, 0.1) is 12.4 Å². The van der Waals surface area contributed by atoms with Crippen LogP contribution in [-0.4, -0.2) is 29.1 Å². The molecule has 1 amide bonds. The van der Waals surface area contributed by atoms with Crippen LogP contribution in [0.2, 0.25) is 0 Å². The summed E-state index contributed by atoms with van der Waals surface area (Å²) in [6, 6.07) is 11.3. The van der Waals surface area contributed by atoms with Gasteiger partial charge in [-0.25, -0.2) is 9.97 Å². The summed E-state index contributed by atoms with van der Waals surface area (Å²) in [7, 11) is 0. The van der Waals surface area contributed by atoms with Crippen LogP contribution in [0.5, 0.6) is 11.5 Å². The molecule has 1 aromatic heterocycles. The second-order valence-corrected chi connectivity index (χ2v) is 6.47. The Balaban J connectivity index is 1.45. The molecule has 0 fully saturated rings. The van der Waals surface area contributed by atoms with Crippen LogP contribution in [0.3, 0.4) is 0 Å². The molecule has 28 heavy (non-hydrogen) atoms. The Hall–Kier alpha value is -3.61. The van der Waals surface area contributed by atoms with Crippen molar-refractivity contribution in [1.82, 2.24) is 9.97 Å². The fourth-order valence-electron chi connectivity index (χ4n) is 2.85. The summed E-state index contributed by atoms with van der Waals surface area (Å²) < 4.78 is 11.0. The number of rotatable bonds is 4. The Morgan fingerprint density at radius 3 is 2.61 bits per heavy atom. The molecule has 2 heterocycles. The molecular weight excluding hydrogens is 356 g/mol. The van der Waals surface area contributed by atoms with Crippen molar-refractivity contribution in [2.45, 2.75) is 13.8 Å². The molecule has 4 rings (SSSR count). The summed E-state index contributed by atoms with van der Waals surface area (Å²) in [5, 5.41) is 6.02. The Bertz CT molecular complexity index is 1020. The number of nitrogens with zero attached hydrogens (tertiary/aromatic N) is 2. The highest BCUT2D eigenvalue weighted by atomic mass is 16.6. The van der Waals surface area contributed by atoms with E-state index in [0.29, 0.717) is 36.2 Å². The van der Waals surface area contributed by atoms with Gasteiger partial charge in [-0.15, -0.1) is 0 Å². The number of ether oxygens (including phenoxy) is 2. The van der Waals surface area contributed by atoms with Gasteiger partial charge in [-0.3, -0.25) is 4.79 Å². The lowest BCUT2D eigenvalue weighted by molar-refractivity contribution is 0.102. The molecule has 0 bridgehead atoms. The molecule has 3 aromatic rings. The maximum Gasteiger partial charge on any atom is 0.275 e. The monoisotopic (exact) mass is 376 g/mol. The lowest BCUT2D eigenvalue weighted by atomic mass is 10.1. The van der Waals surface area contributed by atoms with Gasteiger partial charge in [0.25, 0.3) is 5.91 Å². The molecule has 0 atom stereocenters. The molecular formula is C21H20N4O3. The maximum atomic E-state index is 12.4. The summed E-state index contributed by atoms with van der Waals surface area (Å²) in [6.07, 6.45) is 2.99. The predicted molar refractivity (Wildman–Crippen MR) is 107 cm³/mol. The maximum absolute atomic E-state index is 12.4. The first kappa shape index (κ1) is 17.8. The molecule has 1 aliphatic heterocycles. The minimum absolute atomic E-state index is 0.224. The Labute approximate surface area is 162 Å². The number of benzene rings is 2. The van der Waals surface area contributed by atoms with Gasteiger partial charge >= 0.3 is 0 Å².